The van der Waals surface area contributed by atoms with E-state index in [1.165, 1.54) is 0 Å². The van der Waals surface area contributed by atoms with Gasteiger partial charge in [0.1, 0.15) is 5.75 Å². The first kappa shape index (κ1) is 14.0. The van der Waals surface area contributed by atoms with Gasteiger partial charge in [0.15, 0.2) is 0 Å². The Morgan fingerprint density at radius 1 is 1.26 bits per heavy atom. The fourth-order valence-electron chi connectivity index (χ4n) is 1.55. The second-order valence-electron chi connectivity index (χ2n) is 4.06. The van der Waals surface area contributed by atoms with Crippen molar-refractivity contribution in [3.8, 4) is 11.6 Å². The van der Waals surface area contributed by atoms with Gasteiger partial charge >= 0.3 is 0 Å². The number of hydrogen-bond acceptors (Lipinski definition) is 4. The monoisotopic (exact) mass is 321 g/mol. The third-order valence-corrected chi connectivity index (χ3v) is 3.10. The molecular weight excluding hydrogens is 306 g/mol. The molecule has 0 aliphatic heterocycles. The Hall–Kier alpha value is -1.46. The lowest BCUT2D eigenvalue weighted by Gasteiger charge is -2.08. The van der Waals surface area contributed by atoms with Crippen LogP contribution in [0.2, 0.25) is 0 Å². The Balaban J connectivity index is 2.05. The van der Waals surface area contributed by atoms with Crippen molar-refractivity contribution in [1.82, 2.24) is 15.3 Å². The van der Waals surface area contributed by atoms with Crippen LogP contribution >= 0.6 is 15.9 Å². The molecule has 100 valence electrons. The second-order valence-corrected chi connectivity index (χ2v) is 4.91. The van der Waals surface area contributed by atoms with E-state index in [2.05, 4.69) is 38.1 Å². The highest BCUT2D eigenvalue weighted by atomic mass is 79.9. The molecule has 1 aromatic carbocycles. The van der Waals surface area contributed by atoms with Crippen LogP contribution in [0.1, 0.15) is 19.0 Å². The first-order valence-corrected chi connectivity index (χ1v) is 7.03. The summed E-state index contributed by atoms with van der Waals surface area (Å²) in [6.45, 7) is 3.80. The molecule has 2 rings (SSSR count). The molecule has 1 heterocycles. The van der Waals surface area contributed by atoms with Gasteiger partial charge in [-0.05, 0) is 41.0 Å². The van der Waals surface area contributed by atoms with Gasteiger partial charge in [0.2, 0.25) is 5.88 Å². The standard InChI is InChI=1S/C14H16BrN3O/c1-2-7-16-8-11-9-17-10-14(18-11)19-13-6-4-3-5-12(13)15/h3-6,9-10,16H,2,7-8H2,1H3. The number of hydrogen-bond donors (Lipinski definition) is 1. The summed E-state index contributed by atoms with van der Waals surface area (Å²) in [6.07, 6.45) is 4.46. The Bertz CT molecular complexity index is 534. The molecule has 0 unspecified atom stereocenters. The first-order chi connectivity index (χ1) is 9.29. The summed E-state index contributed by atoms with van der Waals surface area (Å²) in [7, 11) is 0. The molecule has 0 spiro atoms. The number of halogens is 1. The molecule has 2 aromatic rings. The van der Waals surface area contributed by atoms with Crippen LogP contribution in [0, 0.1) is 0 Å². The Morgan fingerprint density at radius 3 is 2.89 bits per heavy atom. The van der Waals surface area contributed by atoms with Crippen molar-refractivity contribution in [3.05, 3.63) is 46.8 Å². The van der Waals surface area contributed by atoms with Crippen LogP contribution in [0.4, 0.5) is 0 Å². The maximum atomic E-state index is 5.71. The quantitative estimate of drug-likeness (QED) is 0.827. The van der Waals surface area contributed by atoms with E-state index < -0.39 is 0 Å². The van der Waals surface area contributed by atoms with Crippen molar-refractivity contribution in [1.29, 1.82) is 0 Å². The van der Waals surface area contributed by atoms with E-state index in [-0.39, 0.29) is 0 Å². The first-order valence-electron chi connectivity index (χ1n) is 6.23. The minimum Gasteiger partial charge on any atom is -0.436 e. The zero-order valence-corrected chi connectivity index (χ0v) is 12.4. The maximum Gasteiger partial charge on any atom is 0.238 e. The number of benzene rings is 1. The van der Waals surface area contributed by atoms with Crippen LogP contribution in [0.25, 0.3) is 0 Å². The minimum absolute atomic E-state index is 0.502. The third-order valence-electron chi connectivity index (χ3n) is 2.45. The average molecular weight is 322 g/mol. The molecule has 0 saturated heterocycles. The van der Waals surface area contributed by atoms with Crippen molar-refractivity contribution in [2.24, 2.45) is 0 Å². The van der Waals surface area contributed by atoms with E-state index in [4.69, 9.17) is 4.74 Å². The van der Waals surface area contributed by atoms with E-state index in [0.29, 0.717) is 12.4 Å². The van der Waals surface area contributed by atoms with Gasteiger partial charge in [0, 0.05) is 12.7 Å². The molecule has 0 bridgehead atoms. The largest absolute Gasteiger partial charge is 0.436 e. The lowest BCUT2D eigenvalue weighted by molar-refractivity contribution is 0.453. The predicted molar refractivity (Wildman–Crippen MR) is 78.2 cm³/mol. The number of para-hydroxylation sites is 1. The Morgan fingerprint density at radius 2 is 2.11 bits per heavy atom. The summed E-state index contributed by atoms with van der Waals surface area (Å²) in [5.74, 6) is 1.23. The highest BCUT2D eigenvalue weighted by Gasteiger charge is 2.04. The smallest absolute Gasteiger partial charge is 0.238 e. The molecule has 0 amide bonds. The van der Waals surface area contributed by atoms with Gasteiger partial charge in [0.05, 0.1) is 16.4 Å². The van der Waals surface area contributed by atoms with Gasteiger partial charge < -0.3 is 10.1 Å². The van der Waals surface area contributed by atoms with Gasteiger partial charge in [-0.3, -0.25) is 4.98 Å². The van der Waals surface area contributed by atoms with Crippen LogP contribution in [-0.4, -0.2) is 16.5 Å². The van der Waals surface area contributed by atoms with E-state index in [0.717, 1.165) is 28.9 Å². The average Bonchev–Trinajstić information content (AvgIpc) is 2.42. The van der Waals surface area contributed by atoms with Crippen LogP contribution in [-0.2, 0) is 6.54 Å². The fraction of sp³-hybridized carbons (Fsp3) is 0.286. The third kappa shape index (κ3) is 4.29. The molecule has 19 heavy (non-hydrogen) atoms. The van der Waals surface area contributed by atoms with Gasteiger partial charge in [-0.15, -0.1) is 0 Å². The van der Waals surface area contributed by atoms with E-state index in [1.54, 1.807) is 12.4 Å². The van der Waals surface area contributed by atoms with Gasteiger partial charge in [-0.1, -0.05) is 19.1 Å². The molecule has 4 nitrogen and oxygen atoms in total. The number of nitrogens with zero attached hydrogens (tertiary/aromatic N) is 2. The predicted octanol–water partition coefficient (Wildman–Crippen LogP) is 3.53. The molecular formula is C14H16BrN3O. The highest BCUT2D eigenvalue weighted by Crippen LogP contribution is 2.27. The van der Waals surface area contributed by atoms with Crippen molar-refractivity contribution in [2.75, 3.05) is 6.54 Å². The Labute approximate surface area is 121 Å². The zero-order valence-electron chi connectivity index (χ0n) is 10.8. The second kappa shape index (κ2) is 7.21. The molecule has 5 heteroatoms. The molecule has 0 atom stereocenters. The van der Waals surface area contributed by atoms with Crippen LogP contribution in [0.3, 0.4) is 0 Å². The number of aromatic nitrogens is 2. The van der Waals surface area contributed by atoms with E-state index in [9.17, 15) is 0 Å². The zero-order chi connectivity index (χ0) is 13.5. The molecule has 0 radical (unpaired) electrons. The fourth-order valence-corrected chi connectivity index (χ4v) is 1.92. The van der Waals surface area contributed by atoms with Crippen molar-refractivity contribution in [3.63, 3.8) is 0 Å². The lowest BCUT2D eigenvalue weighted by atomic mass is 10.3. The van der Waals surface area contributed by atoms with Gasteiger partial charge in [0.25, 0.3) is 0 Å². The van der Waals surface area contributed by atoms with Crippen molar-refractivity contribution < 1.29 is 4.74 Å². The summed E-state index contributed by atoms with van der Waals surface area (Å²) in [5, 5.41) is 3.29. The normalized spacial score (nSPS) is 10.4. The number of nitrogens with one attached hydrogen (secondary N) is 1. The van der Waals surface area contributed by atoms with Crippen LogP contribution in [0.5, 0.6) is 11.6 Å². The van der Waals surface area contributed by atoms with E-state index >= 15 is 0 Å². The minimum atomic E-state index is 0.502. The Kier molecular flexibility index (Phi) is 5.30. The SMILES string of the molecule is CCCNCc1cncc(Oc2ccccc2Br)n1. The molecule has 1 aromatic heterocycles. The van der Waals surface area contributed by atoms with Gasteiger partial charge in [-0.2, -0.15) is 0 Å². The van der Waals surface area contributed by atoms with E-state index in [1.807, 2.05) is 24.3 Å². The summed E-state index contributed by atoms with van der Waals surface area (Å²) in [4.78, 5) is 8.56. The molecule has 0 aliphatic carbocycles. The van der Waals surface area contributed by atoms with Crippen molar-refractivity contribution >= 4 is 15.9 Å². The maximum absolute atomic E-state index is 5.71. The summed E-state index contributed by atoms with van der Waals surface area (Å²) in [5.41, 5.74) is 0.873. The lowest BCUT2D eigenvalue weighted by Crippen LogP contribution is -2.15. The van der Waals surface area contributed by atoms with Gasteiger partial charge in [-0.25, -0.2) is 4.98 Å². The molecule has 1 N–H and O–H groups in total. The number of rotatable bonds is 6. The summed E-state index contributed by atoms with van der Waals surface area (Å²) >= 11 is 3.44. The highest BCUT2D eigenvalue weighted by molar-refractivity contribution is 9.10. The van der Waals surface area contributed by atoms with Crippen LogP contribution in [0.15, 0.2) is 41.1 Å². The van der Waals surface area contributed by atoms with Crippen LogP contribution < -0.4 is 10.1 Å². The van der Waals surface area contributed by atoms with Crippen molar-refractivity contribution in [2.45, 2.75) is 19.9 Å². The molecule has 0 aliphatic rings. The molecule has 0 saturated carbocycles. The summed E-state index contributed by atoms with van der Waals surface area (Å²) in [6, 6.07) is 7.66. The molecule has 0 fully saturated rings. The number of ether oxygens (including phenoxy) is 1. The summed E-state index contributed by atoms with van der Waals surface area (Å²) < 4.78 is 6.60. The topological polar surface area (TPSA) is 47.0 Å².